The summed E-state index contributed by atoms with van der Waals surface area (Å²) in [7, 11) is -10.0. The number of phosphoric acid groups is 2. The summed E-state index contributed by atoms with van der Waals surface area (Å²) in [5, 5.41) is 10.6. The van der Waals surface area contributed by atoms with Gasteiger partial charge in [-0.1, -0.05) is 301 Å². The van der Waals surface area contributed by atoms with Gasteiger partial charge in [0.25, 0.3) is 0 Å². The SMILES string of the molecule is CC/C=C\C/C=C\C/C=C\C/C=C\C/C=C\CCCCCC(=O)OCC(COP(=O)(O)OCC(O)COP(=O)(O)OCC(COC(=O)C/C=C\C/C=C\C/C=C\C/C=C\C/C=C\CC)OC(=O)CCCCCCCCCCCCCCC)OC(=O)CCCCCCCCC/C=C\C/C=C\C/C=C\CC. The fourth-order valence-electron chi connectivity index (χ4n) is 10.1. The van der Waals surface area contributed by atoms with Gasteiger partial charge in [0, 0.05) is 19.3 Å². The van der Waals surface area contributed by atoms with E-state index in [-0.39, 0.29) is 25.7 Å². The standard InChI is InChI=1S/C85H140O17P2/c1-5-9-13-17-21-25-29-33-36-38-39-41-43-47-50-54-58-62-66-70-83(88)96-76-81(102-85(90)72-68-64-60-56-52-48-44-40-37-34-30-26-22-18-14-10-6-2)78-100-104(93,94)98-74-79(86)73-97-103(91,92)99-77-80(101-84(89)71-67-63-59-55-51-45-32-28-24-20-16-12-8-4)75-95-82(87)69-65-61-57-53-49-46-42-35-31-27-23-19-15-11-7-3/h9-11,13-15,21-23,25-27,33-37,39,41-42,47,49-50,53,61,65,79-81,86H,5-8,12,16-20,24,28-32,38,40,43-46,48,51-52,54-60,62-64,66-78H2,1-4H3,(H,91,92)(H,93,94)/b13-9-,14-10-,15-11-,25-21-,26-22-,27-23-,36-33-,37-34-,41-39-,42-35-,50-47-,53-49-,65-61-. The number of allylic oxidation sites excluding steroid dienone is 25. The minimum absolute atomic E-state index is 0.0690. The van der Waals surface area contributed by atoms with E-state index < -0.39 is 97.5 Å². The molecule has 5 atom stereocenters. The lowest BCUT2D eigenvalue weighted by atomic mass is 10.0. The first kappa shape index (κ1) is 98.7. The van der Waals surface area contributed by atoms with Crippen LogP contribution in [0.3, 0.4) is 0 Å². The number of esters is 4. The van der Waals surface area contributed by atoms with Gasteiger partial charge in [0.15, 0.2) is 12.2 Å². The Balaban J connectivity index is 5.46. The van der Waals surface area contributed by atoms with E-state index in [9.17, 15) is 43.2 Å². The van der Waals surface area contributed by atoms with Gasteiger partial charge in [-0.2, -0.15) is 0 Å². The Bertz CT molecular complexity index is 2590. The van der Waals surface area contributed by atoms with Crippen LogP contribution in [0.5, 0.6) is 0 Å². The van der Waals surface area contributed by atoms with Crippen molar-refractivity contribution in [2.75, 3.05) is 39.6 Å². The van der Waals surface area contributed by atoms with E-state index in [4.69, 9.17) is 37.0 Å². The van der Waals surface area contributed by atoms with Crippen LogP contribution in [-0.4, -0.2) is 96.7 Å². The molecule has 0 fully saturated rings. The molecular weight excluding hydrogens is 1350 g/mol. The molecule has 19 heteroatoms. The summed E-state index contributed by atoms with van der Waals surface area (Å²) in [4.78, 5) is 72.9. The average Bonchev–Trinajstić information content (AvgIpc) is 0.911. The number of carbonyl (C=O) groups is 4. The predicted molar refractivity (Wildman–Crippen MR) is 427 cm³/mol. The van der Waals surface area contributed by atoms with Crippen molar-refractivity contribution in [3.05, 3.63) is 158 Å². The first-order valence-corrected chi connectivity index (χ1v) is 42.7. The Labute approximate surface area is 629 Å². The molecule has 0 aromatic heterocycles. The number of rotatable bonds is 73. The molecule has 0 aromatic rings. The summed E-state index contributed by atoms with van der Waals surface area (Å²) < 4.78 is 68.4. The largest absolute Gasteiger partial charge is 0.472 e. The Morgan fingerprint density at radius 1 is 0.288 bits per heavy atom. The van der Waals surface area contributed by atoms with Crippen LogP contribution in [0.1, 0.15) is 297 Å². The lowest BCUT2D eigenvalue weighted by Gasteiger charge is -2.21. The van der Waals surface area contributed by atoms with Crippen LogP contribution in [0.15, 0.2) is 158 Å². The Kier molecular flexibility index (Phi) is 72.0. The second kappa shape index (κ2) is 75.9. The normalized spacial score (nSPS) is 14.7. The van der Waals surface area contributed by atoms with Crippen LogP contribution in [-0.2, 0) is 65.4 Å². The average molecular weight is 1500 g/mol. The van der Waals surface area contributed by atoms with E-state index in [2.05, 4.69) is 161 Å². The van der Waals surface area contributed by atoms with E-state index >= 15 is 0 Å². The summed E-state index contributed by atoms with van der Waals surface area (Å²) in [6, 6.07) is 0. The maximum Gasteiger partial charge on any atom is 0.472 e. The maximum atomic E-state index is 13.1. The van der Waals surface area contributed by atoms with Crippen molar-refractivity contribution in [3.63, 3.8) is 0 Å². The third-order valence-electron chi connectivity index (χ3n) is 16.0. The van der Waals surface area contributed by atoms with Gasteiger partial charge in [-0.15, -0.1) is 0 Å². The van der Waals surface area contributed by atoms with Crippen molar-refractivity contribution in [2.24, 2.45) is 0 Å². The molecular formula is C85H140O17P2. The quantitative estimate of drug-likeness (QED) is 0.0169. The summed E-state index contributed by atoms with van der Waals surface area (Å²) in [5.74, 6) is -2.37. The van der Waals surface area contributed by atoms with Crippen LogP contribution in [0.4, 0.5) is 0 Å². The van der Waals surface area contributed by atoms with Gasteiger partial charge >= 0.3 is 39.5 Å². The predicted octanol–water partition coefficient (Wildman–Crippen LogP) is 23.2. The van der Waals surface area contributed by atoms with Crippen molar-refractivity contribution in [1.29, 1.82) is 0 Å². The van der Waals surface area contributed by atoms with Crippen LogP contribution >= 0.6 is 15.6 Å². The minimum atomic E-state index is -5.00. The zero-order valence-electron chi connectivity index (χ0n) is 64.6. The second-order valence-corrected chi connectivity index (χ2v) is 28.8. The van der Waals surface area contributed by atoms with Crippen molar-refractivity contribution in [1.82, 2.24) is 0 Å². The third-order valence-corrected chi connectivity index (χ3v) is 17.9. The molecule has 0 radical (unpaired) electrons. The van der Waals surface area contributed by atoms with E-state index in [1.807, 2.05) is 18.2 Å². The Hall–Kier alpha value is -5.32. The van der Waals surface area contributed by atoms with Gasteiger partial charge in [-0.25, -0.2) is 9.13 Å². The zero-order valence-corrected chi connectivity index (χ0v) is 66.4. The lowest BCUT2D eigenvalue weighted by molar-refractivity contribution is -0.161. The molecule has 0 bridgehead atoms. The molecule has 104 heavy (non-hydrogen) atoms. The highest BCUT2D eigenvalue weighted by molar-refractivity contribution is 7.47. The van der Waals surface area contributed by atoms with Crippen molar-refractivity contribution >= 4 is 39.5 Å². The van der Waals surface area contributed by atoms with Crippen LogP contribution < -0.4 is 0 Å². The second-order valence-electron chi connectivity index (χ2n) is 25.9. The third kappa shape index (κ3) is 74.9. The molecule has 592 valence electrons. The first-order valence-electron chi connectivity index (χ1n) is 39.7. The minimum Gasteiger partial charge on any atom is -0.462 e. The summed E-state index contributed by atoms with van der Waals surface area (Å²) in [5.41, 5.74) is 0. The van der Waals surface area contributed by atoms with Crippen molar-refractivity contribution in [3.8, 4) is 0 Å². The van der Waals surface area contributed by atoms with E-state index in [0.717, 1.165) is 167 Å². The number of carbonyl (C=O) groups excluding carboxylic acids is 4. The number of phosphoric ester groups is 2. The number of hydrogen-bond donors (Lipinski definition) is 3. The molecule has 0 saturated carbocycles. The molecule has 0 saturated heterocycles. The number of aliphatic hydroxyl groups excluding tert-OH is 1. The molecule has 0 aliphatic heterocycles. The Morgan fingerprint density at radius 2 is 0.538 bits per heavy atom. The zero-order chi connectivity index (χ0) is 76.0. The molecule has 0 heterocycles. The van der Waals surface area contributed by atoms with Crippen LogP contribution in [0.25, 0.3) is 0 Å². The smallest absolute Gasteiger partial charge is 0.462 e. The number of unbranched alkanes of at least 4 members (excludes halogenated alkanes) is 22. The Morgan fingerprint density at radius 3 is 0.865 bits per heavy atom. The van der Waals surface area contributed by atoms with Crippen molar-refractivity contribution in [2.45, 2.75) is 316 Å². The van der Waals surface area contributed by atoms with Gasteiger partial charge in [0.05, 0.1) is 32.8 Å². The van der Waals surface area contributed by atoms with Crippen LogP contribution in [0.2, 0.25) is 0 Å². The highest BCUT2D eigenvalue weighted by Gasteiger charge is 2.30. The van der Waals surface area contributed by atoms with Crippen LogP contribution in [0, 0.1) is 0 Å². The van der Waals surface area contributed by atoms with Gasteiger partial charge in [-0.3, -0.25) is 37.3 Å². The number of aliphatic hydroxyl groups is 1. The fraction of sp³-hybridized carbons (Fsp3) is 0.647. The van der Waals surface area contributed by atoms with Gasteiger partial charge in [0.1, 0.15) is 19.3 Å². The molecule has 0 aromatic carbocycles. The summed E-state index contributed by atoms with van der Waals surface area (Å²) >= 11 is 0. The molecule has 0 spiro atoms. The number of hydrogen-bond acceptors (Lipinski definition) is 15. The molecule has 0 amide bonds. The van der Waals surface area contributed by atoms with E-state index in [0.29, 0.717) is 25.7 Å². The fourth-order valence-corrected chi connectivity index (χ4v) is 11.7. The number of ether oxygens (including phenoxy) is 4. The molecule has 0 aliphatic carbocycles. The molecule has 17 nitrogen and oxygen atoms in total. The van der Waals surface area contributed by atoms with Gasteiger partial charge in [-0.05, 0) is 128 Å². The molecule has 3 N–H and O–H groups in total. The van der Waals surface area contributed by atoms with E-state index in [1.54, 1.807) is 6.08 Å². The highest BCUT2D eigenvalue weighted by Crippen LogP contribution is 2.45. The molecule has 5 unspecified atom stereocenters. The molecule has 0 rings (SSSR count). The molecule has 0 aliphatic rings. The maximum absolute atomic E-state index is 13.1. The topological polar surface area (TPSA) is 237 Å². The van der Waals surface area contributed by atoms with Gasteiger partial charge < -0.3 is 33.8 Å². The van der Waals surface area contributed by atoms with E-state index in [1.165, 1.54) is 51.4 Å². The van der Waals surface area contributed by atoms with Gasteiger partial charge in [0.2, 0.25) is 0 Å². The van der Waals surface area contributed by atoms with Crippen molar-refractivity contribution < 1.29 is 80.2 Å². The highest BCUT2D eigenvalue weighted by atomic mass is 31.2. The lowest BCUT2D eigenvalue weighted by Crippen LogP contribution is -2.30. The summed E-state index contributed by atoms with van der Waals surface area (Å²) in [6.45, 7) is 4.37. The monoisotopic (exact) mass is 1490 g/mol. The first-order chi connectivity index (χ1) is 50.7. The summed E-state index contributed by atoms with van der Waals surface area (Å²) in [6.07, 6.45) is 88.2.